The second kappa shape index (κ2) is 12.4. The molecule has 3 N–H and O–H groups in total. The Hall–Kier alpha value is -1.34. The molecular formula is C21H28Cl3N3O2. The van der Waals surface area contributed by atoms with E-state index in [1.807, 2.05) is 55.5 Å². The number of rotatable bonds is 6. The SMILES string of the molecule is Cc1ccc(C(N)C(=O)NCC(c2cccc(Cl)c2)N2CCOCC2)cc1.Cl.Cl. The van der Waals surface area contributed by atoms with Gasteiger partial charge in [-0.3, -0.25) is 9.69 Å². The maximum atomic E-state index is 12.6. The van der Waals surface area contributed by atoms with Crippen molar-refractivity contribution in [3.8, 4) is 0 Å². The fraction of sp³-hybridized carbons (Fsp3) is 0.381. The molecule has 1 saturated heterocycles. The molecule has 1 aliphatic heterocycles. The van der Waals surface area contributed by atoms with Crippen LogP contribution in [0, 0.1) is 6.92 Å². The van der Waals surface area contributed by atoms with Gasteiger partial charge in [0.25, 0.3) is 0 Å². The van der Waals surface area contributed by atoms with E-state index in [9.17, 15) is 4.79 Å². The van der Waals surface area contributed by atoms with Crippen molar-refractivity contribution < 1.29 is 9.53 Å². The van der Waals surface area contributed by atoms with Crippen LogP contribution in [0.15, 0.2) is 48.5 Å². The number of nitrogens with zero attached hydrogens (tertiary/aromatic N) is 1. The van der Waals surface area contributed by atoms with Crippen molar-refractivity contribution in [3.05, 3.63) is 70.2 Å². The van der Waals surface area contributed by atoms with E-state index < -0.39 is 6.04 Å². The van der Waals surface area contributed by atoms with Gasteiger partial charge in [-0.2, -0.15) is 0 Å². The molecule has 160 valence electrons. The lowest BCUT2D eigenvalue weighted by atomic mass is 10.0. The number of benzene rings is 2. The van der Waals surface area contributed by atoms with Crippen molar-refractivity contribution in [3.63, 3.8) is 0 Å². The van der Waals surface area contributed by atoms with E-state index in [4.69, 9.17) is 22.1 Å². The predicted octanol–water partition coefficient (Wildman–Crippen LogP) is 3.68. The van der Waals surface area contributed by atoms with Crippen LogP contribution in [-0.2, 0) is 9.53 Å². The Morgan fingerprint density at radius 1 is 1.14 bits per heavy atom. The molecule has 1 heterocycles. The molecule has 1 fully saturated rings. The number of aryl methyl sites for hydroxylation is 1. The third kappa shape index (κ3) is 7.14. The molecule has 0 aliphatic carbocycles. The van der Waals surface area contributed by atoms with Crippen molar-refractivity contribution in [1.82, 2.24) is 10.2 Å². The number of morpholine rings is 1. The molecule has 2 atom stereocenters. The second-order valence-electron chi connectivity index (χ2n) is 6.85. The Morgan fingerprint density at radius 2 is 1.79 bits per heavy atom. The van der Waals surface area contributed by atoms with Crippen molar-refractivity contribution in [2.24, 2.45) is 5.73 Å². The number of hydrogen-bond donors (Lipinski definition) is 2. The fourth-order valence-electron chi connectivity index (χ4n) is 3.29. The Balaban J connectivity index is 0.00000210. The number of carbonyl (C=O) groups is 1. The molecule has 0 bridgehead atoms. The molecule has 29 heavy (non-hydrogen) atoms. The molecule has 2 unspecified atom stereocenters. The summed E-state index contributed by atoms with van der Waals surface area (Å²) >= 11 is 6.18. The number of ether oxygens (including phenoxy) is 1. The third-order valence-corrected chi connectivity index (χ3v) is 5.14. The van der Waals surface area contributed by atoms with Crippen molar-refractivity contribution >= 4 is 42.3 Å². The number of hydrogen-bond acceptors (Lipinski definition) is 4. The van der Waals surface area contributed by atoms with Gasteiger partial charge in [0.2, 0.25) is 5.91 Å². The lowest BCUT2D eigenvalue weighted by Gasteiger charge is -2.35. The largest absolute Gasteiger partial charge is 0.379 e. The van der Waals surface area contributed by atoms with Crippen LogP contribution in [0.4, 0.5) is 0 Å². The van der Waals surface area contributed by atoms with E-state index in [0.29, 0.717) is 24.8 Å². The molecule has 3 rings (SSSR count). The van der Waals surface area contributed by atoms with E-state index in [2.05, 4.69) is 10.2 Å². The van der Waals surface area contributed by atoms with E-state index in [1.54, 1.807) is 0 Å². The average Bonchev–Trinajstić information content (AvgIpc) is 2.69. The minimum absolute atomic E-state index is 0. The smallest absolute Gasteiger partial charge is 0.241 e. The zero-order valence-corrected chi connectivity index (χ0v) is 18.7. The Bertz CT molecular complexity index is 768. The summed E-state index contributed by atoms with van der Waals surface area (Å²) in [6.07, 6.45) is 0. The quantitative estimate of drug-likeness (QED) is 0.690. The van der Waals surface area contributed by atoms with Crippen molar-refractivity contribution in [1.29, 1.82) is 0 Å². The summed E-state index contributed by atoms with van der Waals surface area (Å²) in [5, 5.41) is 3.71. The van der Waals surface area contributed by atoms with Crippen LogP contribution in [0.1, 0.15) is 28.8 Å². The topological polar surface area (TPSA) is 67.6 Å². The standard InChI is InChI=1S/C21H26ClN3O2.2ClH/c1-15-5-7-16(8-6-15)20(23)21(26)24-14-19(25-9-11-27-12-10-25)17-3-2-4-18(22)13-17;;/h2-8,13,19-20H,9-12,14,23H2,1H3,(H,24,26);2*1H. The van der Waals surface area contributed by atoms with Gasteiger partial charge >= 0.3 is 0 Å². The van der Waals surface area contributed by atoms with E-state index in [-0.39, 0.29) is 36.8 Å². The van der Waals surface area contributed by atoms with Gasteiger partial charge < -0.3 is 15.8 Å². The molecule has 2 aromatic carbocycles. The van der Waals surface area contributed by atoms with Crippen LogP contribution in [0.2, 0.25) is 5.02 Å². The van der Waals surface area contributed by atoms with Gasteiger partial charge in [-0.15, -0.1) is 24.8 Å². The lowest BCUT2D eigenvalue weighted by molar-refractivity contribution is -0.122. The maximum absolute atomic E-state index is 12.6. The molecule has 0 saturated carbocycles. The first-order valence-electron chi connectivity index (χ1n) is 9.22. The normalized spacial score (nSPS) is 16.1. The predicted molar refractivity (Wildman–Crippen MR) is 122 cm³/mol. The van der Waals surface area contributed by atoms with E-state index in [1.165, 1.54) is 0 Å². The highest BCUT2D eigenvalue weighted by Crippen LogP contribution is 2.24. The summed E-state index contributed by atoms with van der Waals surface area (Å²) in [6, 6.07) is 14.9. The minimum Gasteiger partial charge on any atom is -0.379 e. The molecule has 1 aliphatic rings. The maximum Gasteiger partial charge on any atom is 0.241 e. The molecule has 2 aromatic rings. The summed E-state index contributed by atoms with van der Waals surface area (Å²) in [7, 11) is 0. The van der Waals surface area contributed by atoms with Crippen LogP contribution in [0.3, 0.4) is 0 Å². The zero-order valence-electron chi connectivity index (χ0n) is 16.3. The average molecular weight is 461 g/mol. The summed E-state index contributed by atoms with van der Waals surface area (Å²) in [4.78, 5) is 14.9. The highest BCUT2D eigenvalue weighted by Gasteiger charge is 2.24. The molecule has 1 amide bonds. The zero-order chi connectivity index (χ0) is 19.2. The third-order valence-electron chi connectivity index (χ3n) is 4.91. The monoisotopic (exact) mass is 459 g/mol. The summed E-state index contributed by atoms with van der Waals surface area (Å²) in [6.45, 7) is 5.49. The van der Waals surface area contributed by atoms with Crippen molar-refractivity contribution in [2.75, 3.05) is 32.8 Å². The number of carbonyl (C=O) groups excluding carboxylic acids is 1. The van der Waals surface area contributed by atoms with E-state index in [0.717, 1.165) is 29.8 Å². The van der Waals surface area contributed by atoms with Crippen LogP contribution < -0.4 is 11.1 Å². The van der Waals surface area contributed by atoms with Crippen LogP contribution >= 0.6 is 36.4 Å². The second-order valence-corrected chi connectivity index (χ2v) is 7.29. The molecule has 0 spiro atoms. The number of amides is 1. The lowest BCUT2D eigenvalue weighted by Crippen LogP contribution is -2.45. The van der Waals surface area contributed by atoms with Gasteiger partial charge in [0.1, 0.15) is 6.04 Å². The van der Waals surface area contributed by atoms with Crippen LogP contribution in [0.25, 0.3) is 0 Å². The minimum atomic E-state index is -0.685. The van der Waals surface area contributed by atoms with Gasteiger partial charge in [0, 0.05) is 24.7 Å². The Labute approximate surface area is 189 Å². The van der Waals surface area contributed by atoms with Gasteiger partial charge in [0.05, 0.1) is 19.3 Å². The highest BCUT2D eigenvalue weighted by molar-refractivity contribution is 6.30. The van der Waals surface area contributed by atoms with E-state index >= 15 is 0 Å². The molecule has 0 aromatic heterocycles. The van der Waals surface area contributed by atoms with Crippen LogP contribution in [0.5, 0.6) is 0 Å². The number of nitrogens with two attached hydrogens (primary N) is 1. The summed E-state index contributed by atoms with van der Waals surface area (Å²) in [5.41, 5.74) is 9.17. The Morgan fingerprint density at radius 3 is 2.41 bits per heavy atom. The first-order valence-corrected chi connectivity index (χ1v) is 9.59. The van der Waals surface area contributed by atoms with Gasteiger partial charge in [-0.25, -0.2) is 0 Å². The summed E-state index contributed by atoms with van der Waals surface area (Å²) < 4.78 is 5.47. The van der Waals surface area contributed by atoms with Gasteiger partial charge in [-0.05, 0) is 30.2 Å². The van der Waals surface area contributed by atoms with Gasteiger partial charge in [-0.1, -0.05) is 53.6 Å². The summed E-state index contributed by atoms with van der Waals surface area (Å²) in [5.74, 6) is -0.181. The Kier molecular flexibility index (Phi) is 11.0. The number of halogens is 3. The van der Waals surface area contributed by atoms with Crippen molar-refractivity contribution in [2.45, 2.75) is 19.0 Å². The number of nitrogens with one attached hydrogen (secondary N) is 1. The van der Waals surface area contributed by atoms with Gasteiger partial charge in [0.15, 0.2) is 0 Å². The molecule has 0 radical (unpaired) electrons. The molecular weight excluding hydrogens is 433 g/mol. The molecule has 8 heteroatoms. The van der Waals surface area contributed by atoms with Crippen LogP contribution in [-0.4, -0.2) is 43.7 Å². The first kappa shape index (κ1) is 25.7. The first-order chi connectivity index (χ1) is 13.0. The highest BCUT2D eigenvalue weighted by atomic mass is 35.5. The fourth-order valence-corrected chi connectivity index (χ4v) is 3.49. The molecule has 5 nitrogen and oxygen atoms in total.